The number of rotatable bonds is 4. The summed E-state index contributed by atoms with van der Waals surface area (Å²) in [7, 11) is 1.62. The molecule has 0 aliphatic rings. The van der Waals surface area contributed by atoms with Crippen LogP contribution in [0.4, 0.5) is 0 Å². The molecule has 4 nitrogen and oxygen atoms in total. The Hall–Kier alpha value is -1.55. The molecule has 3 N–H and O–H groups in total. The number of nitrogens with one attached hydrogen (secondary N) is 1. The first-order valence-corrected chi connectivity index (χ1v) is 5.24. The summed E-state index contributed by atoms with van der Waals surface area (Å²) in [5.41, 5.74) is 6.50. The molecule has 0 fully saturated rings. The molecule has 1 rings (SSSR count). The third kappa shape index (κ3) is 3.24. The molecule has 1 aromatic rings. The van der Waals surface area contributed by atoms with Crippen molar-refractivity contribution in [3.8, 4) is 5.75 Å². The SMILES string of the molecule is COc1ccc([C@@H](C)NC(=O)[C@H](C)N)cc1. The van der Waals surface area contributed by atoms with Crippen LogP contribution in [0.3, 0.4) is 0 Å². The van der Waals surface area contributed by atoms with Gasteiger partial charge in [0.1, 0.15) is 5.75 Å². The third-order valence-electron chi connectivity index (χ3n) is 2.39. The topological polar surface area (TPSA) is 64.3 Å². The van der Waals surface area contributed by atoms with Gasteiger partial charge in [-0.3, -0.25) is 4.79 Å². The van der Waals surface area contributed by atoms with Crippen LogP contribution in [-0.4, -0.2) is 19.1 Å². The summed E-state index contributed by atoms with van der Waals surface area (Å²) in [6.07, 6.45) is 0. The van der Waals surface area contributed by atoms with E-state index < -0.39 is 6.04 Å². The van der Waals surface area contributed by atoms with E-state index in [1.54, 1.807) is 14.0 Å². The highest BCUT2D eigenvalue weighted by Crippen LogP contribution is 2.17. The van der Waals surface area contributed by atoms with Crippen LogP contribution in [-0.2, 0) is 4.79 Å². The van der Waals surface area contributed by atoms with Gasteiger partial charge in [-0.1, -0.05) is 12.1 Å². The molecular weight excluding hydrogens is 204 g/mol. The van der Waals surface area contributed by atoms with Gasteiger partial charge >= 0.3 is 0 Å². The highest BCUT2D eigenvalue weighted by molar-refractivity contribution is 5.81. The van der Waals surface area contributed by atoms with Crippen LogP contribution in [0.1, 0.15) is 25.5 Å². The van der Waals surface area contributed by atoms with Gasteiger partial charge < -0.3 is 15.8 Å². The largest absolute Gasteiger partial charge is 0.497 e. The number of ether oxygens (including phenoxy) is 1. The second kappa shape index (κ2) is 5.51. The predicted molar refractivity (Wildman–Crippen MR) is 63.2 cm³/mol. The summed E-state index contributed by atoms with van der Waals surface area (Å²) in [6.45, 7) is 3.58. The fraction of sp³-hybridized carbons (Fsp3) is 0.417. The fourth-order valence-corrected chi connectivity index (χ4v) is 1.32. The van der Waals surface area contributed by atoms with Crippen molar-refractivity contribution in [1.82, 2.24) is 5.32 Å². The number of amides is 1. The van der Waals surface area contributed by atoms with E-state index in [0.717, 1.165) is 11.3 Å². The molecule has 16 heavy (non-hydrogen) atoms. The van der Waals surface area contributed by atoms with Crippen LogP contribution in [0.25, 0.3) is 0 Å². The molecule has 0 spiro atoms. The molecule has 0 aliphatic carbocycles. The van der Waals surface area contributed by atoms with Crippen molar-refractivity contribution in [2.75, 3.05) is 7.11 Å². The van der Waals surface area contributed by atoms with Gasteiger partial charge in [0.25, 0.3) is 0 Å². The summed E-state index contributed by atoms with van der Waals surface area (Å²) in [4.78, 5) is 11.4. The molecular formula is C12H18N2O2. The second-order valence-electron chi connectivity index (χ2n) is 3.79. The summed E-state index contributed by atoms with van der Waals surface area (Å²) in [5.74, 6) is 0.651. The Morgan fingerprint density at radius 3 is 2.31 bits per heavy atom. The minimum absolute atomic E-state index is 0.0515. The molecule has 1 amide bonds. The summed E-state index contributed by atoms with van der Waals surface area (Å²) < 4.78 is 5.06. The molecule has 0 aromatic heterocycles. The van der Waals surface area contributed by atoms with Gasteiger partial charge in [-0.15, -0.1) is 0 Å². The number of hydrogen-bond acceptors (Lipinski definition) is 3. The quantitative estimate of drug-likeness (QED) is 0.805. The lowest BCUT2D eigenvalue weighted by atomic mass is 10.1. The predicted octanol–water partition coefficient (Wildman–Crippen LogP) is 1.22. The summed E-state index contributed by atoms with van der Waals surface area (Å²) >= 11 is 0. The Balaban J connectivity index is 2.65. The zero-order chi connectivity index (χ0) is 12.1. The number of benzene rings is 1. The Kier molecular flexibility index (Phi) is 4.31. The van der Waals surface area contributed by atoms with Gasteiger partial charge in [-0.2, -0.15) is 0 Å². The number of carbonyl (C=O) groups is 1. The van der Waals surface area contributed by atoms with Gasteiger partial charge in [0, 0.05) is 0 Å². The van der Waals surface area contributed by atoms with E-state index in [2.05, 4.69) is 5.32 Å². The van der Waals surface area contributed by atoms with Crippen molar-refractivity contribution in [3.05, 3.63) is 29.8 Å². The lowest BCUT2D eigenvalue weighted by molar-refractivity contribution is -0.122. The van der Waals surface area contributed by atoms with Gasteiger partial charge in [0.05, 0.1) is 19.2 Å². The number of hydrogen-bond donors (Lipinski definition) is 2. The van der Waals surface area contributed by atoms with Crippen molar-refractivity contribution >= 4 is 5.91 Å². The van der Waals surface area contributed by atoms with Crippen LogP contribution in [0, 0.1) is 0 Å². The van der Waals surface area contributed by atoms with Crippen molar-refractivity contribution < 1.29 is 9.53 Å². The number of carbonyl (C=O) groups excluding carboxylic acids is 1. The number of nitrogens with two attached hydrogens (primary N) is 1. The Morgan fingerprint density at radius 1 is 1.31 bits per heavy atom. The second-order valence-corrected chi connectivity index (χ2v) is 3.79. The summed E-state index contributed by atoms with van der Waals surface area (Å²) in [5, 5.41) is 2.83. The zero-order valence-corrected chi connectivity index (χ0v) is 9.86. The zero-order valence-electron chi connectivity index (χ0n) is 9.86. The van der Waals surface area contributed by atoms with Crippen LogP contribution in [0.2, 0.25) is 0 Å². The first-order chi connectivity index (χ1) is 7.54. The lowest BCUT2D eigenvalue weighted by Gasteiger charge is -2.16. The van der Waals surface area contributed by atoms with Crippen molar-refractivity contribution in [3.63, 3.8) is 0 Å². The van der Waals surface area contributed by atoms with Crippen LogP contribution < -0.4 is 15.8 Å². The Morgan fingerprint density at radius 2 is 1.88 bits per heavy atom. The van der Waals surface area contributed by atoms with Crippen LogP contribution >= 0.6 is 0 Å². The minimum atomic E-state index is -0.485. The van der Waals surface area contributed by atoms with E-state index >= 15 is 0 Å². The molecule has 0 unspecified atom stereocenters. The monoisotopic (exact) mass is 222 g/mol. The average Bonchev–Trinajstić information content (AvgIpc) is 2.28. The van der Waals surface area contributed by atoms with Crippen molar-refractivity contribution in [2.24, 2.45) is 5.73 Å². The standard InChI is InChI=1S/C12H18N2O2/c1-8(13)12(15)14-9(2)10-4-6-11(16-3)7-5-10/h4-9H,13H2,1-3H3,(H,14,15)/t8-,9+/m0/s1. The molecule has 2 atom stereocenters. The summed E-state index contributed by atoms with van der Waals surface area (Å²) in [6, 6.07) is 7.04. The van der Waals surface area contributed by atoms with Gasteiger partial charge in [0.15, 0.2) is 0 Å². The van der Waals surface area contributed by atoms with Gasteiger partial charge in [-0.05, 0) is 31.5 Å². The van der Waals surface area contributed by atoms with Crippen LogP contribution in [0.5, 0.6) is 5.75 Å². The lowest BCUT2D eigenvalue weighted by Crippen LogP contribution is -2.39. The highest BCUT2D eigenvalue weighted by Gasteiger charge is 2.12. The Labute approximate surface area is 95.8 Å². The van der Waals surface area contributed by atoms with E-state index in [-0.39, 0.29) is 11.9 Å². The highest BCUT2D eigenvalue weighted by atomic mass is 16.5. The Bertz CT molecular complexity index is 347. The molecule has 0 radical (unpaired) electrons. The van der Waals surface area contributed by atoms with E-state index in [0.29, 0.717) is 0 Å². The minimum Gasteiger partial charge on any atom is -0.497 e. The average molecular weight is 222 g/mol. The van der Waals surface area contributed by atoms with Gasteiger partial charge in [0.2, 0.25) is 5.91 Å². The molecule has 0 saturated heterocycles. The van der Waals surface area contributed by atoms with E-state index in [1.807, 2.05) is 31.2 Å². The van der Waals surface area contributed by atoms with E-state index in [1.165, 1.54) is 0 Å². The first kappa shape index (κ1) is 12.5. The van der Waals surface area contributed by atoms with Crippen molar-refractivity contribution in [2.45, 2.75) is 25.9 Å². The van der Waals surface area contributed by atoms with Gasteiger partial charge in [-0.25, -0.2) is 0 Å². The maximum atomic E-state index is 11.4. The third-order valence-corrected chi connectivity index (χ3v) is 2.39. The maximum absolute atomic E-state index is 11.4. The maximum Gasteiger partial charge on any atom is 0.237 e. The molecule has 0 saturated carbocycles. The molecule has 0 aliphatic heterocycles. The van der Waals surface area contributed by atoms with E-state index in [4.69, 9.17) is 10.5 Å². The molecule has 0 bridgehead atoms. The van der Waals surface area contributed by atoms with E-state index in [9.17, 15) is 4.79 Å². The number of methoxy groups -OCH3 is 1. The molecule has 88 valence electrons. The smallest absolute Gasteiger partial charge is 0.237 e. The fourth-order valence-electron chi connectivity index (χ4n) is 1.32. The normalized spacial score (nSPS) is 14.0. The molecule has 0 heterocycles. The molecule has 4 heteroatoms. The van der Waals surface area contributed by atoms with Crippen LogP contribution in [0.15, 0.2) is 24.3 Å². The first-order valence-electron chi connectivity index (χ1n) is 5.24. The van der Waals surface area contributed by atoms with Crippen molar-refractivity contribution in [1.29, 1.82) is 0 Å². The molecule has 1 aromatic carbocycles.